The topological polar surface area (TPSA) is 72.5 Å². The second-order valence-corrected chi connectivity index (χ2v) is 6.44. The van der Waals surface area contributed by atoms with E-state index in [1.165, 1.54) is 32.6 Å². The molecule has 5 nitrogen and oxygen atoms in total. The summed E-state index contributed by atoms with van der Waals surface area (Å²) in [5.74, 6) is -0.102. The summed E-state index contributed by atoms with van der Waals surface area (Å²) in [5, 5.41) is 2.68. The molecular formula is C19H25NO4. The van der Waals surface area contributed by atoms with E-state index >= 15 is 0 Å². The molecule has 1 aromatic carbocycles. The molecule has 1 aliphatic rings. The van der Waals surface area contributed by atoms with Crippen LogP contribution in [0.15, 0.2) is 24.3 Å². The highest BCUT2D eigenvalue weighted by molar-refractivity contribution is 5.97. The molecule has 1 saturated carbocycles. The number of hydrogen-bond donors (Lipinski definition) is 1. The quantitative estimate of drug-likeness (QED) is 0.610. The van der Waals surface area contributed by atoms with Crippen molar-refractivity contribution in [3.05, 3.63) is 29.8 Å². The lowest BCUT2D eigenvalue weighted by Crippen LogP contribution is -2.30. The zero-order valence-corrected chi connectivity index (χ0v) is 14.3. The van der Waals surface area contributed by atoms with Crippen molar-refractivity contribution in [3.8, 4) is 0 Å². The first-order valence-electron chi connectivity index (χ1n) is 8.57. The van der Waals surface area contributed by atoms with Crippen molar-refractivity contribution in [1.29, 1.82) is 0 Å². The normalized spacial score (nSPS) is 15.8. The smallest absolute Gasteiger partial charge is 0.306 e. The molecule has 24 heavy (non-hydrogen) atoms. The van der Waals surface area contributed by atoms with Crippen molar-refractivity contribution in [2.24, 2.45) is 5.92 Å². The highest BCUT2D eigenvalue weighted by Gasteiger charge is 2.20. The van der Waals surface area contributed by atoms with Gasteiger partial charge in [0.2, 0.25) is 0 Å². The Bertz CT molecular complexity index is 588. The molecule has 0 aliphatic heterocycles. The Morgan fingerprint density at radius 2 is 1.79 bits per heavy atom. The summed E-state index contributed by atoms with van der Waals surface area (Å²) in [6.45, 7) is 3.05. The maximum absolute atomic E-state index is 12.1. The third-order valence-electron chi connectivity index (χ3n) is 4.47. The van der Waals surface area contributed by atoms with E-state index in [-0.39, 0.29) is 17.7 Å². The summed E-state index contributed by atoms with van der Waals surface area (Å²) in [6.07, 6.45) is 5.27. The lowest BCUT2D eigenvalue weighted by atomic mass is 10.0. The number of Topliss-reactive ketones (excluding diaryl/α,β-unsaturated/α-hetero) is 1. The van der Waals surface area contributed by atoms with Gasteiger partial charge >= 0.3 is 5.97 Å². The zero-order chi connectivity index (χ0) is 17.5. The van der Waals surface area contributed by atoms with Crippen molar-refractivity contribution < 1.29 is 19.1 Å². The number of ketones is 1. The average Bonchev–Trinajstić information content (AvgIpc) is 3.06. The molecule has 1 fully saturated rings. The van der Waals surface area contributed by atoms with E-state index in [0.29, 0.717) is 23.6 Å². The first-order valence-corrected chi connectivity index (χ1v) is 8.57. The van der Waals surface area contributed by atoms with Crippen LogP contribution in [0.2, 0.25) is 0 Å². The van der Waals surface area contributed by atoms with Crippen molar-refractivity contribution in [2.45, 2.75) is 58.5 Å². The van der Waals surface area contributed by atoms with E-state index in [1.807, 2.05) is 0 Å². The summed E-state index contributed by atoms with van der Waals surface area (Å²) < 4.78 is 5.20. The number of nitrogens with one attached hydrogen (secondary N) is 1. The van der Waals surface area contributed by atoms with Crippen LogP contribution in [0.3, 0.4) is 0 Å². The van der Waals surface area contributed by atoms with Crippen LogP contribution in [0.4, 0.5) is 5.69 Å². The van der Waals surface area contributed by atoms with Gasteiger partial charge in [-0.2, -0.15) is 0 Å². The van der Waals surface area contributed by atoms with E-state index in [4.69, 9.17) is 4.74 Å². The maximum Gasteiger partial charge on any atom is 0.306 e. The maximum atomic E-state index is 12.1. The Morgan fingerprint density at radius 3 is 2.38 bits per heavy atom. The highest BCUT2D eigenvalue weighted by Crippen LogP contribution is 2.28. The number of esters is 1. The van der Waals surface area contributed by atoms with Gasteiger partial charge in [0, 0.05) is 17.7 Å². The van der Waals surface area contributed by atoms with Gasteiger partial charge in [-0.05, 0) is 50.5 Å². The van der Waals surface area contributed by atoms with Gasteiger partial charge in [0.25, 0.3) is 5.91 Å². The predicted octanol–water partition coefficient (Wildman–Crippen LogP) is 3.73. The largest absolute Gasteiger partial charge is 0.453 e. The van der Waals surface area contributed by atoms with Crippen LogP contribution in [0.1, 0.15) is 62.7 Å². The third-order valence-corrected chi connectivity index (χ3v) is 4.47. The summed E-state index contributed by atoms with van der Waals surface area (Å²) in [6, 6.07) is 6.61. The molecule has 1 atom stereocenters. The summed E-state index contributed by atoms with van der Waals surface area (Å²) in [7, 11) is 0. The minimum atomic E-state index is -0.839. The minimum Gasteiger partial charge on any atom is -0.453 e. The standard InChI is InChI=1S/C19H25NO4/c1-13(21)16-8-10-17(11-9-16)20-19(23)14(2)24-18(22)12-7-15-5-3-4-6-15/h8-11,14-15H,3-7,12H2,1-2H3,(H,20,23)/t14-/m0/s1. The average molecular weight is 331 g/mol. The molecule has 0 heterocycles. The third kappa shape index (κ3) is 5.48. The van der Waals surface area contributed by atoms with Crippen LogP contribution in [-0.4, -0.2) is 23.8 Å². The number of carbonyl (C=O) groups is 3. The van der Waals surface area contributed by atoms with Crippen LogP contribution in [0.25, 0.3) is 0 Å². The van der Waals surface area contributed by atoms with E-state index in [2.05, 4.69) is 5.32 Å². The molecule has 0 bridgehead atoms. The fraction of sp³-hybridized carbons (Fsp3) is 0.526. The van der Waals surface area contributed by atoms with Gasteiger partial charge in [0.15, 0.2) is 11.9 Å². The van der Waals surface area contributed by atoms with Gasteiger partial charge in [-0.3, -0.25) is 14.4 Å². The number of ether oxygens (including phenoxy) is 1. The van der Waals surface area contributed by atoms with E-state index < -0.39 is 6.10 Å². The molecule has 130 valence electrons. The van der Waals surface area contributed by atoms with Crippen LogP contribution in [0.5, 0.6) is 0 Å². The Balaban J connectivity index is 1.76. The van der Waals surface area contributed by atoms with Gasteiger partial charge in [-0.25, -0.2) is 0 Å². The number of amides is 1. The molecule has 2 rings (SSSR count). The fourth-order valence-electron chi connectivity index (χ4n) is 2.96. The van der Waals surface area contributed by atoms with E-state index in [1.54, 1.807) is 31.2 Å². The monoisotopic (exact) mass is 331 g/mol. The molecule has 1 N–H and O–H groups in total. The number of hydrogen-bond acceptors (Lipinski definition) is 4. The summed E-state index contributed by atoms with van der Waals surface area (Å²) >= 11 is 0. The molecule has 1 aliphatic carbocycles. The van der Waals surface area contributed by atoms with Crippen LogP contribution < -0.4 is 5.32 Å². The molecule has 0 radical (unpaired) electrons. The van der Waals surface area contributed by atoms with Crippen molar-refractivity contribution >= 4 is 23.3 Å². The molecule has 0 saturated heterocycles. The van der Waals surface area contributed by atoms with Gasteiger partial charge in [0.05, 0.1) is 0 Å². The highest BCUT2D eigenvalue weighted by atomic mass is 16.5. The van der Waals surface area contributed by atoms with Crippen molar-refractivity contribution in [1.82, 2.24) is 0 Å². The van der Waals surface area contributed by atoms with E-state index in [9.17, 15) is 14.4 Å². The van der Waals surface area contributed by atoms with Crippen LogP contribution >= 0.6 is 0 Å². The van der Waals surface area contributed by atoms with Gasteiger partial charge in [-0.15, -0.1) is 0 Å². The molecule has 5 heteroatoms. The van der Waals surface area contributed by atoms with Gasteiger partial charge in [-0.1, -0.05) is 25.7 Å². The Labute approximate surface area is 142 Å². The Hall–Kier alpha value is -2.17. The number of benzene rings is 1. The first kappa shape index (κ1) is 18.2. The van der Waals surface area contributed by atoms with Crippen molar-refractivity contribution in [3.63, 3.8) is 0 Å². The van der Waals surface area contributed by atoms with Gasteiger partial charge in [0.1, 0.15) is 0 Å². The molecule has 1 aromatic rings. The molecule has 0 spiro atoms. The summed E-state index contributed by atoms with van der Waals surface area (Å²) in [4.78, 5) is 35.1. The van der Waals surface area contributed by atoms with E-state index in [0.717, 1.165) is 6.42 Å². The second-order valence-electron chi connectivity index (χ2n) is 6.44. The van der Waals surface area contributed by atoms with Crippen LogP contribution in [-0.2, 0) is 14.3 Å². The summed E-state index contributed by atoms with van der Waals surface area (Å²) in [5.41, 5.74) is 1.15. The molecule has 0 unspecified atom stereocenters. The Kier molecular flexibility index (Phi) is 6.53. The fourth-order valence-corrected chi connectivity index (χ4v) is 2.96. The zero-order valence-electron chi connectivity index (χ0n) is 14.3. The molecular weight excluding hydrogens is 306 g/mol. The SMILES string of the molecule is CC(=O)c1ccc(NC(=O)[C@H](C)OC(=O)CCC2CCCC2)cc1. The second kappa shape index (κ2) is 8.62. The molecule has 0 aromatic heterocycles. The lowest BCUT2D eigenvalue weighted by Gasteiger charge is -2.14. The number of carbonyl (C=O) groups excluding carboxylic acids is 3. The van der Waals surface area contributed by atoms with Gasteiger partial charge < -0.3 is 10.1 Å². The molecule has 1 amide bonds. The number of anilines is 1. The first-order chi connectivity index (χ1) is 11.5. The predicted molar refractivity (Wildman–Crippen MR) is 91.8 cm³/mol. The Morgan fingerprint density at radius 1 is 1.17 bits per heavy atom. The minimum absolute atomic E-state index is 0.0302. The lowest BCUT2D eigenvalue weighted by molar-refractivity contribution is -0.153. The van der Waals surface area contributed by atoms with Crippen LogP contribution in [0, 0.1) is 5.92 Å². The number of rotatable bonds is 7. The van der Waals surface area contributed by atoms with Crippen molar-refractivity contribution in [2.75, 3.05) is 5.32 Å².